The quantitative estimate of drug-likeness (QED) is 0.482. The summed E-state index contributed by atoms with van der Waals surface area (Å²) in [5, 5.41) is 13.7. The number of hydrogen-bond acceptors (Lipinski definition) is 5. The molecule has 28 heavy (non-hydrogen) atoms. The first-order chi connectivity index (χ1) is 13.3. The van der Waals surface area contributed by atoms with E-state index in [4.69, 9.17) is 9.15 Å². The second-order valence-electron chi connectivity index (χ2n) is 6.56. The predicted octanol–water partition coefficient (Wildman–Crippen LogP) is 4.94. The Morgan fingerprint density at radius 2 is 1.79 bits per heavy atom. The van der Waals surface area contributed by atoms with E-state index in [0.29, 0.717) is 5.76 Å². The Bertz CT molecular complexity index is 1040. The number of furan rings is 1. The fourth-order valence-electron chi connectivity index (χ4n) is 2.67. The lowest BCUT2D eigenvalue weighted by atomic mass is 10.1. The number of nitrogens with zero attached hydrogens (tertiary/aromatic N) is 1. The van der Waals surface area contributed by atoms with Gasteiger partial charge in [-0.1, -0.05) is 18.2 Å². The molecule has 7 nitrogen and oxygen atoms in total. The first-order valence-corrected chi connectivity index (χ1v) is 8.68. The Morgan fingerprint density at radius 1 is 1.07 bits per heavy atom. The fraction of sp³-hybridized carbons (Fsp3) is 0.190. The van der Waals surface area contributed by atoms with Gasteiger partial charge in [0.05, 0.1) is 4.92 Å². The molecule has 2 aromatic carbocycles. The maximum atomic E-state index is 12.4. The van der Waals surface area contributed by atoms with Crippen molar-refractivity contribution >= 4 is 17.3 Å². The molecule has 0 atom stereocenters. The Hall–Kier alpha value is -3.61. The molecule has 0 bridgehead atoms. The van der Waals surface area contributed by atoms with Crippen LogP contribution in [0.2, 0.25) is 0 Å². The third-order valence-electron chi connectivity index (χ3n) is 4.20. The predicted molar refractivity (Wildman–Crippen MR) is 105 cm³/mol. The Labute approximate surface area is 162 Å². The van der Waals surface area contributed by atoms with Crippen molar-refractivity contribution in [3.05, 3.63) is 86.9 Å². The van der Waals surface area contributed by atoms with Crippen LogP contribution in [0.5, 0.6) is 5.75 Å². The van der Waals surface area contributed by atoms with Crippen LogP contribution in [0.4, 0.5) is 11.4 Å². The van der Waals surface area contributed by atoms with E-state index in [9.17, 15) is 14.9 Å². The molecule has 0 aliphatic heterocycles. The van der Waals surface area contributed by atoms with Gasteiger partial charge in [-0.05, 0) is 61.7 Å². The Morgan fingerprint density at radius 3 is 2.54 bits per heavy atom. The number of nitrogens with one attached hydrogen (secondary N) is 1. The standard InChI is InChI=1S/C21H20N2O5/c1-13-5-8-17(18(10-13)23(25)26)22-21(24)19-9-7-16(28-19)12-27-20-11-14(2)4-6-15(20)3/h4-11H,12H2,1-3H3,(H,22,24). The summed E-state index contributed by atoms with van der Waals surface area (Å²) in [4.78, 5) is 23.0. The number of carbonyl (C=O) groups excluding carboxylic acids is 1. The van der Waals surface area contributed by atoms with E-state index in [1.54, 1.807) is 19.1 Å². The zero-order valence-electron chi connectivity index (χ0n) is 15.8. The highest BCUT2D eigenvalue weighted by Crippen LogP contribution is 2.26. The van der Waals surface area contributed by atoms with Gasteiger partial charge in [-0.3, -0.25) is 14.9 Å². The molecule has 1 N–H and O–H groups in total. The van der Waals surface area contributed by atoms with Gasteiger partial charge in [-0.2, -0.15) is 0 Å². The smallest absolute Gasteiger partial charge is 0.293 e. The van der Waals surface area contributed by atoms with Crippen LogP contribution in [0.1, 0.15) is 33.0 Å². The summed E-state index contributed by atoms with van der Waals surface area (Å²) in [6.45, 7) is 5.84. The van der Waals surface area contributed by atoms with Crippen molar-refractivity contribution in [2.24, 2.45) is 0 Å². The van der Waals surface area contributed by atoms with Crippen LogP contribution in [-0.2, 0) is 6.61 Å². The summed E-state index contributed by atoms with van der Waals surface area (Å²) in [6, 6.07) is 13.7. The minimum Gasteiger partial charge on any atom is -0.485 e. The molecule has 7 heteroatoms. The van der Waals surface area contributed by atoms with Gasteiger partial charge in [-0.15, -0.1) is 0 Å². The average molecular weight is 380 g/mol. The number of nitro groups is 1. The molecular weight excluding hydrogens is 360 g/mol. The van der Waals surface area contributed by atoms with Gasteiger partial charge in [0.1, 0.15) is 23.8 Å². The number of amides is 1. The molecule has 0 aliphatic carbocycles. The molecule has 3 rings (SSSR count). The molecule has 0 saturated heterocycles. The second kappa shape index (κ2) is 7.96. The van der Waals surface area contributed by atoms with Crippen molar-refractivity contribution in [1.82, 2.24) is 0 Å². The number of anilines is 1. The van der Waals surface area contributed by atoms with Crippen molar-refractivity contribution in [2.75, 3.05) is 5.32 Å². The largest absolute Gasteiger partial charge is 0.485 e. The summed E-state index contributed by atoms with van der Waals surface area (Å²) < 4.78 is 11.3. The SMILES string of the molecule is Cc1ccc(C)c(OCc2ccc(C(=O)Nc3ccc(C)cc3[N+](=O)[O-])o2)c1. The monoisotopic (exact) mass is 380 g/mol. The zero-order valence-corrected chi connectivity index (χ0v) is 15.8. The molecule has 0 aliphatic rings. The maximum absolute atomic E-state index is 12.4. The molecule has 144 valence electrons. The van der Waals surface area contributed by atoms with Gasteiger partial charge < -0.3 is 14.5 Å². The Balaban J connectivity index is 1.69. The lowest BCUT2D eigenvalue weighted by Crippen LogP contribution is -2.12. The normalized spacial score (nSPS) is 10.5. The van der Waals surface area contributed by atoms with Crippen molar-refractivity contribution in [1.29, 1.82) is 0 Å². The number of rotatable bonds is 6. The molecule has 1 amide bonds. The summed E-state index contributed by atoms with van der Waals surface area (Å²) in [5.74, 6) is 0.710. The van der Waals surface area contributed by atoms with Crippen LogP contribution < -0.4 is 10.1 Å². The van der Waals surface area contributed by atoms with Crippen LogP contribution in [0.3, 0.4) is 0 Å². The highest BCUT2D eigenvalue weighted by Gasteiger charge is 2.19. The van der Waals surface area contributed by atoms with Gasteiger partial charge in [0.25, 0.3) is 11.6 Å². The van der Waals surface area contributed by atoms with Crippen LogP contribution >= 0.6 is 0 Å². The van der Waals surface area contributed by atoms with E-state index in [1.165, 1.54) is 18.2 Å². The first kappa shape index (κ1) is 19.2. The highest BCUT2D eigenvalue weighted by molar-refractivity contribution is 6.03. The molecule has 1 aromatic heterocycles. The fourth-order valence-corrected chi connectivity index (χ4v) is 2.67. The van der Waals surface area contributed by atoms with Gasteiger partial charge in [0.2, 0.25) is 0 Å². The van der Waals surface area contributed by atoms with E-state index in [1.807, 2.05) is 32.0 Å². The zero-order chi connectivity index (χ0) is 20.3. The molecule has 0 spiro atoms. The summed E-state index contributed by atoms with van der Waals surface area (Å²) in [5.41, 5.74) is 2.76. The van der Waals surface area contributed by atoms with Gasteiger partial charge in [0.15, 0.2) is 5.76 Å². The third kappa shape index (κ3) is 4.37. The van der Waals surface area contributed by atoms with Crippen molar-refractivity contribution in [3.63, 3.8) is 0 Å². The van der Waals surface area contributed by atoms with Crippen molar-refractivity contribution in [2.45, 2.75) is 27.4 Å². The van der Waals surface area contributed by atoms with E-state index < -0.39 is 10.8 Å². The third-order valence-corrected chi connectivity index (χ3v) is 4.20. The molecule has 0 unspecified atom stereocenters. The first-order valence-electron chi connectivity index (χ1n) is 8.68. The van der Waals surface area contributed by atoms with Crippen LogP contribution in [0.25, 0.3) is 0 Å². The average Bonchev–Trinajstić information content (AvgIpc) is 3.13. The maximum Gasteiger partial charge on any atom is 0.293 e. The minimum atomic E-state index is -0.565. The summed E-state index contributed by atoms with van der Waals surface area (Å²) in [6.07, 6.45) is 0. The van der Waals surface area contributed by atoms with Crippen LogP contribution in [0, 0.1) is 30.9 Å². The highest BCUT2D eigenvalue weighted by atomic mass is 16.6. The number of hydrogen-bond donors (Lipinski definition) is 1. The summed E-state index contributed by atoms with van der Waals surface area (Å²) >= 11 is 0. The number of aryl methyl sites for hydroxylation is 3. The molecule has 0 saturated carbocycles. The van der Waals surface area contributed by atoms with Crippen LogP contribution in [-0.4, -0.2) is 10.8 Å². The lowest BCUT2D eigenvalue weighted by molar-refractivity contribution is -0.384. The molecule has 3 aromatic rings. The minimum absolute atomic E-state index is 0.0504. The van der Waals surface area contributed by atoms with Gasteiger partial charge in [-0.25, -0.2) is 0 Å². The summed E-state index contributed by atoms with van der Waals surface area (Å²) in [7, 11) is 0. The number of nitro benzene ring substituents is 1. The van der Waals surface area contributed by atoms with Crippen molar-refractivity contribution in [3.8, 4) is 5.75 Å². The van der Waals surface area contributed by atoms with E-state index >= 15 is 0 Å². The molecule has 0 fully saturated rings. The van der Waals surface area contributed by atoms with E-state index in [-0.39, 0.29) is 23.7 Å². The van der Waals surface area contributed by atoms with Gasteiger partial charge >= 0.3 is 0 Å². The van der Waals surface area contributed by atoms with E-state index in [2.05, 4.69) is 5.32 Å². The molecule has 1 heterocycles. The number of benzene rings is 2. The van der Waals surface area contributed by atoms with Gasteiger partial charge in [0, 0.05) is 6.07 Å². The lowest BCUT2D eigenvalue weighted by Gasteiger charge is -2.08. The van der Waals surface area contributed by atoms with Crippen molar-refractivity contribution < 1.29 is 18.9 Å². The number of ether oxygens (including phenoxy) is 1. The Kier molecular flexibility index (Phi) is 5.44. The number of carbonyl (C=O) groups is 1. The second-order valence-corrected chi connectivity index (χ2v) is 6.56. The topological polar surface area (TPSA) is 94.6 Å². The van der Waals surface area contributed by atoms with Crippen LogP contribution in [0.15, 0.2) is 52.9 Å². The molecular formula is C21H20N2O5. The molecule has 0 radical (unpaired) electrons. The van der Waals surface area contributed by atoms with E-state index in [0.717, 1.165) is 22.4 Å².